The predicted molar refractivity (Wildman–Crippen MR) is 86.1 cm³/mol. The number of thiazole rings is 1. The minimum Gasteiger partial charge on any atom is -0.384 e. The molecule has 0 saturated heterocycles. The molecule has 0 unspecified atom stereocenters. The minimum atomic E-state index is 0.0132. The molecule has 0 atom stereocenters. The van der Waals surface area contributed by atoms with E-state index in [1.54, 1.807) is 19.2 Å². The van der Waals surface area contributed by atoms with Crippen LogP contribution in [0.25, 0.3) is 11.3 Å². The van der Waals surface area contributed by atoms with Gasteiger partial charge in [-0.1, -0.05) is 24.3 Å². The second kappa shape index (κ2) is 7.94. The first-order valence-electron chi connectivity index (χ1n) is 6.57. The van der Waals surface area contributed by atoms with Gasteiger partial charge in [-0.05, 0) is 12.0 Å². The molecule has 0 aliphatic rings. The summed E-state index contributed by atoms with van der Waals surface area (Å²) in [5.41, 5.74) is 3.11. The number of anilines is 1. The Bertz CT molecular complexity index is 719. The molecule has 0 fully saturated rings. The molecular weight excluding hydrogens is 296 g/mol. The van der Waals surface area contributed by atoms with Crippen molar-refractivity contribution in [2.75, 3.05) is 19.0 Å². The standard InChI is InChI=1S/C16H14N4OS/c1-21-7-6-12-2-4-14(5-3-12)15-11-22-16(20-15)19-10-13(8-17)9-18/h2-5,10-11H,6-7H2,1H3,(H,19,20). The highest BCUT2D eigenvalue weighted by Crippen LogP contribution is 2.25. The summed E-state index contributed by atoms with van der Waals surface area (Å²) < 4.78 is 5.06. The van der Waals surface area contributed by atoms with Gasteiger partial charge in [-0.3, -0.25) is 0 Å². The molecule has 0 saturated carbocycles. The van der Waals surface area contributed by atoms with Crippen LogP contribution >= 0.6 is 11.3 Å². The number of nitriles is 2. The van der Waals surface area contributed by atoms with Crippen molar-refractivity contribution in [3.63, 3.8) is 0 Å². The zero-order chi connectivity index (χ0) is 15.8. The molecule has 0 spiro atoms. The zero-order valence-corrected chi connectivity index (χ0v) is 12.9. The third kappa shape index (κ3) is 4.16. The van der Waals surface area contributed by atoms with E-state index in [0.29, 0.717) is 11.7 Å². The number of hydrogen-bond donors (Lipinski definition) is 1. The third-order valence-corrected chi connectivity index (χ3v) is 3.70. The second-order valence-electron chi connectivity index (χ2n) is 4.40. The van der Waals surface area contributed by atoms with Crippen molar-refractivity contribution < 1.29 is 4.74 Å². The summed E-state index contributed by atoms with van der Waals surface area (Å²) in [6.07, 6.45) is 2.24. The van der Waals surface area contributed by atoms with Gasteiger partial charge in [0.1, 0.15) is 17.7 Å². The molecule has 0 aliphatic carbocycles. The number of ether oxygens (including phenoxy) is 1. The van der Waals surface area contributed by atoms with E-state index in [9.17, 15) is 0 Å². The first-order valence-corrected chi connectivity index (χ1v) is 7.45. The summed E-state index contributed by atoms with van der Waals surface area (Å²) in [7, 11) is 1.69. The number of rotatable bonds is 6. The van der Waals surface area contributed by atoms with Crippen molar-refractivity contribution in [2.24, 2.45) is 0 Å². The molecule has 1 aromatic heterocycles. The normalized spacial score (nSPS) is 9.59. The maximum absolute atomic E-state index is 8.67. The molecular formula is C16H14N4OS. The molecule has 1 aromatic carbocycles. The van der Waals surface area contributed by atoms with Crippen molar-refractivity contribution in [2.45, 2.75) is 6.42 Å². The smallest absolute Gasteiger partial charge is 0.187 e. The first-order chi connectivity index (χ1) is 10.8. The van der Waals surface area contributed by atoms with Crippen LogP contribution in [0.3, 0.4) is 0 Å². The minimum absolute atomic E-state index is 0.0132. The van der Waals surface area contributed by atoms with Crippen LogP contribution in [0, 0.1) is 22.7 Å². The van der Waals surface area contributed by atoms with Gasteiger partial charge < -0.3 is 10.1 Å². The maximum atomic E-state index is 8.67. The first kappa shape index (κ1) is 15.7. The third-order valence-electron chi connectivity index (χ3n) is 2.93. The van der Waals surface area contributed by atoms with Crippen LogP contribution in [-0.2, 0) is 11.2 Å². The van der Waals surface area contributed by atoms with E-state index in [4.69, 9.17) is 15.3 Å². The van der Waals surface area contributed by atoms with E-state index in [2.05, 4.69) is 22.4 Å². The molecule has 2 aromatic rings. The highest BCUT2D eigenvalue weighted by Gasteiger charge is 2.04. The summed E-state index contributed by atoms with van der Waals surface area (Å²) in [5, 5.41) is 22.8. The topological polar surface area (TPSA) is 81.7 Å². The van der Waals surface area contributed by atoms with Crippen LogP contribution in [-0.4, -0.2) is 18.7 Å². The van der Waals surface area contributed by atoms with Gasteiger partial charge in [0.15, 0.2) is 5.13 Å². The van der Waals surface area contributed by atoms with Crippen LogP contribution in [0.15, 0.2) is 41.4 Å². The summed E-state index contributed by atoms with van der Waals surface area (Å²) in [6.45, 7) is 0.705. The molecule has 6 heteroatoms. The fourth-order valence-electron chi connectivity index (χ4n) is 1.76. The average Bonchev–Trinajstić information content (AvgIpc) is 3.03. The number of hydrogen-bond acceptors (Lipinski definition) is 6. The molecule has 0 aliphatic heterocycles. The molecule has 0 radical (unpaired) electrons. The van der Waals surface area contributed by atoms with Crippen LogP contribution < -0.4 is 5.32 Å². The van der Waals surface area contributed by atoms with Gasteiger partial charge >= 0.3 is 0 Å². The monoisotopic (exact) mass is 310 g/mol. The molecule has 2 rings (SSSR count). The largest absolute Gasteiger partial charge is 0.384 e. The highest BCUT2D eigenvalue weighted by atomic mass is 32.1. The molecule has 110 valence electrons. The van der Waals surface area contributed by atoms with E-state index in [1.165, 1.54) is 23.1 Å². The van der Waals surface area contributed by atoms with Gasteiger partial charge in [0.25, 0.3) is 0 Å². The molecule has 1 N–H and O–H groups in total. The van der Waals surface area contributed by atoms with Gasteiger partial charge in [0, 0.05) is 24.3 Å². The lowest BCUT2D eigenvalue weighted by molar-refractivity contribution is 0.202. The van der Waals surface area contributed by atoms with E-state index in [1.807, 2.05) is 17.5 Å². The van der Waals surface area contributed by atoms with Gasteiger partial charge in [-0.25, -0.2) is 4.98 Å². The number of benzene rings is 1. The van der Waals surface area contributed by atoms with Crippen molar-refractivity contribution in [3.8, 4) is 23.4 Å². The van der Waals surface area contributed by atoms with Crippen LogP contribution in [0.4, 0.5) is 5.13 Å². The Kier molecular flexibility index (Phi) is 5.67. The van der Waals surface area contributed by atoms with Gasteiger partial charge in [0.2, 0.25) is 0 Å². The van der Waals surface area contributed by atoms with Crippen LogP contribution in [0.2, 0.25) is 0 Å². The van der Waals surface area contributed by atoms with Gasteiger partial charge in [-0.15, -0.1) is 11.3 Å². The van der Waals surface area contributed by atoms with Crippen LogP contribution in [0.1, 0.15) is 5.56 Å². The lowest BCUT2D eigenvalue weighted by Crippen LogP contribution is -1.94. The van der Waals surface area contributed by atoms with Gasteiger partial charge in [-0.2, -0.15) is 10.5 Å². The Balaban J connectivity index is 2.07. The van der Waals surface area contributed by atoms with Gasteiger partial charge in [0.05, 0.1) is 12.3 Å². The van der Waals surface area contributed by atoms with Crippen molar-refractivity contribution in [3.05, 3.63) is 47.0 Å². The molecule has 5 nitrogen and oxygen atoms in total. The Labute approximate surface area is 133 Å². The van der Waals surface area contributed by atoms with Crippen molar-refractivity contribution in [1.29, 1.82) is 10.5 Å². The highest BCUT2D eigenvalue weighted by molar-refractivity contribution is 7.14. The number of aromatic nitrogens is 1. The number of allylic oxidation sites excluding steroid dienone is 1. The Hall–Kier alpha value is -2.67. The van der Waals surface area contributed by atoms with Crippen LogP contribution in [0.5, 0.6) is 0 Å². The summed E-state index contributed by atoms with van der Waals surface area (Å²) >= 11 is 1.42. The average molecular weight is 310 g/mol. The zero-order valence-electron chi connectivity index (χ0n) is 12.0. The number of nitrogens with zero attached hydrogens (tertiary/aromatic N) is 3. The lowest BCUT2D eigenvalue weighted by atomic mass is 10.1. The second-order valence-corrected chi connectivity index (χ2v) is 5.26. The fraction of sp³-hybridized carbons (Fsp3) is 0.188. The van der Waals surface area contributed by atoms with Crippen molar-refractivity contribution in [1.82, 2.24) is 4.98 Å². The van der Waals surface area contributed by atoms with E-state index in [-0.39, 0.29) is 5.57 Å². The summed E-state index contributed by atoms with van der Waals surface area (Å²) in [6, 6.07) is 11.7. The molecule has 0 bridgehead atoms. The molecule has 22 heavy (non-hydrogen) atoms. The van der Waals surface area contributed by atoms with Crippen molar-refractivity contribution >= 4 is 16.5 Å². The molecule has 0 amide bonds. The predicted octanol–water partition coefficient (Wildman–Crippen LogP) is 3.34. The van der Waals surface area contributed by atoms with E-state index < -0.39 is 0 Å². The number of methoxy groups -OCH3 is 1. The Morgan fingerprint density at radius 1 is 1.32 bits per heavy atom. The lowest BCUT2D eigenvalue weighted by Gasteiger charge is -2.02. The SMILES string of the molecule is COCCc1ccc(-c2csc(NC=C(C#N)C#N)n2)cc1. The van der Waals surface area contributed by atoms with E-state index in [0.717, 1.165) is 17.7 Å². The van der Waals surface area contributed by atoms with E-state index >= 15 is 0 Å². The summed E-state index contributed by atoms with van der Waals surface area (Å²) in [4.78, 5) is 4.43. The fourth-order valence-corrected chi connectivity index (χ4v) is 2.45. The quantitative estimate of drug-likeness (QED) is 0.827. The molecule has 1 heterocycles. The Morgan fingerprint density at radius 2 is 2.05 bits per heavy atom. The maximum Gasteiger partial charge on any atom is 0.187 e. The number of nitrogens with one attached hydrogen (secondary N) is 1. The Morgan fingerprint density at radius 3 is 2.68 bits per heavy atom. The summed E-state index contributed by atoms with van der Waals surface area (Å²) in [5.74, 6) is 0.